The van der Waals surface area contributed by atoms with Crippen molar-refractivity contribution in [3.05, 3.63) is 0 Å². The molecule has 2 aliphatic carbocycles. The molecule has 2 saturated carbocycles. The minimum Gasteiger partial charge on any atom is -0.355 e. The Bertz CT molecular complexity index is 2460. The second-order valence-electron chi connectivity index (χ2n) is 40.5. The molecule has 0 aromatic carbocycles. The van der Waals surface area contributed by atoms with Crippen molar-refractivity contribution in [3.63, 3.8) is 0 Å². The molecule has 16 aliphatic rings. The first-order valence-corrected chi connectivity index (χ1v) is 58.2. The Morgan fingerprint density at radius 2 is 0.507 bits per heavy atom. The number of likely N-dealkylation sites (tertiary alicyclic amines) is 8. The summed E-state index contributed by atoms with van der Waals surface area (Å²) >= 11 is 0. The zero-order valence-electron chi connectivity index (χ0n) is 98.1. The molecule has 14 saturated heterocycles. The van der Waals surface area contributed by atoms with Crippen molar-refractivity contribution < 1.29 is 28.8 Å². The van der Waals surface area contributed by atoms with Crippen LogP contribution in [0.25, 0.3) is 0 Å². The van der Waals surface area contributed by atoms with Gasteiger partial charge < -0.3 is 81.7 Å². The predicted molar refractivity (Wildman–Crippen MR) is 598 cm³/mol. The molecule has 14 heterocycles. The van der Waals surface area contributed by atoms with Gasteiger partial charge in [0.25, 0.3) is 0 Å². The van der Waals surface area contributed by atoms with Crippen molar-refractivity contribution >= 4 is 35.4 Å². The lowest BCUT2D eigenvalue weighted by molar-refractivity contribution is -0.120. The van der Waals surface area contributed by atoms with E-state index in [1.54, 1.807) is 0 Å². The zero-order chi connectivity index (χ0) is 105. The van der Waals surface area contributed by atoms with Gasteiger partial charge in [0.15, 0.2) is 0 Å². The number of carbonyl (C=O) groups is 6. The van der Waals surface area contributed by atoms with Gasteiger partial charge in [-0.1, -0.05) is 288 Å². The summed E-state index contributed by atoms with van der Waals surface area (Å²) in [6.07, 6.45) is 38.1. The first-order chi connectivity index (χ1) is 65.2. The molecule has 6 unspecified atom stereocenters. The van der Waals surface area contributed by atoms with E-state index in [9.17, 15) is 28.8 Å². The SMILES string of the molecule is CC.CC.CC.CC.CC.CC.CC(C)C.CC(C)C.CCC1CCC(=O)N1.CCC1CCC(=O)N1.CCCCC1CCC(=O)N1.CCCCC1CCC(=O)N1.CCN1CC2(CCC2)C1.CCN1CC2(CCC2)C1.CCN1CCC1.CCN1CCC1.CCN1CCC2(CNC(=O)C2)C1.CCN1CCC2(CNC(=O)C2)C1.CCN1CCCC1.CCN1CCCC1.CCNC(C)C.CCNC(C)C. The van der Waals surface area contributed by atoms with Gasteiger partial charge in [0.1, 0.15) is 0 Å². The maximum atomic E-state index is 11.1. The third-order valence-electron chi connectivity index (χ3n) is 26.7. The third kappa shape index (κ3) is 73.5. The highest BCUT2D eigenvalue weighted by molar-refractivity contribution is 5.81. The van der Waals surface area contributed by atoms with E-state index in [1.165, 1.54) is 259 Å². The molecule has 6 atom stereocenters. The molecule has 6 amide bonds. The lowest BCUT2D eigenvalue weighted by Crippen LogP contribution is -2.59. The van der Waals surface area contributed by atoms with Crippen molar-refractivity contribution in [2.75, 3.05) is 183 Å². The number of nitrogens with zero attached hydrogens (tertiary/aromatic N) is 8. The molecule has 136 heavy (non-hydrogen) atoms. The minimum absolute atomic E-state index is 0.219. The second-order valence-corrected chi connectivity index (χ2v) is 40.5. The smallest absolute Gasteiger partial charge is 0.220 e. The van der Waals surface area contributed by atoms with E-state index in [0.29, 0.717) is 47.1 Å². The Balaban J connectivity index is -0.000000331. The molecule has 16 fully saturated rings. The highest BCUT2D eigenvalue weighted by atomic mass is 16.2. The van der Waals surface area contributed by atoms with Crippen LogP contribution in [0.5, 0.6) is 0 Å². The molecule has 22 nitrogen and oxygen atoms in total. The summed E-state index contributed by atoms with van der Waals surface area (Å²) in [5.74, 6) is 3.07. The van der Waals surface area contributed by atoms with Gasteiger partial charge in [-0.05, 0) is 282 Å². The third-order valence-corrected chi connectivity index (χ3v) is 26.7. The molecular weight excluding hydrogens is 1690 g/mol. The topological polar surface area (TPSA) is 225 Å². The van der Waals surface area contributed by atoms with E-state index in [-0.39, 0.29) is 35.4 Å². The lowest BCUT2D eigenvalue weighted by atomic mass is 9.64. The van der Waals surface area contributed by atoms with Gasteiger partial charge in [0, 0.05) is 138 Å². The zero-order valence-corrected chi connectivity index (χ0v) is 98.1. The monoisotopic (exact) mass is 1930 g/mol. The molecule has 4 spiro atoms. The normalized spacial score (nSPS) is 23.7. The highest BCUT2D eigenvalue weighted by Crippen LogP contribution is 2.49. The van der Waals surface area contributed by atoms with Crippen LogP contribution >= 0.6 is 0 Å². The van der Waals surface area contributed by atoms with Crippen LogP contribution in [0.2, 0.25) is 0 Å². The van der Waals surface area contributed by atoms with Crippen LogP contribution in [0.3, 0.4) is 0 Å². The Labute approximate surface area is 848 Å². The van der Waals surface area contributed by atoms with E-state index in [0.717, 1.165) is 152 Å². The number of hydrogen-bond acceptors (Lipinski definition) is 16. The maximum absolute atomic E-state index is 11.1. The van der Waals surface area contributed by atoms with Gasteiger partial charge in [0.05, 0.1) is 0 Å². The van der Waals surface area contributed by atoms with Crippen LogP contribution < -0.4 is 42.5 Å². The Hall–Kier alpha value is -3.58. The van der Waals surface area contributed by atoms with Gasteiger partial charge in [0.2, 0.25) is 35.4 Å². The van der Waals surface area contributed by atoms with Gasteiger partial charge in [-0.15, -0.1) is 0 Å². The van der Waals surface area contributed by atoms with E-state index >= 15 is 0 Å². The fourth-order valence-electron chi connectivity index (χ4n) is 18.0. The molecule has 0 aromatic rings. The number of nitrogens with one attached hydrogen (secondary N) is 8. The number of unbranched alkanes of at least 4 members (excludes halogenated alkanes) is 2. The number of carbonyl (C=O) groups excluding carboxylic acids is 6. The minimum atomic E-state index is 0.219. The second kappa shape index (κ2) is 93.7. The van der Waals surface area contributed by atoms with Gasteiger partial charge >= 0.3 is 0 Å². The summed E-state index contributed by atoms with van der Waals surface area (Å²) in [6, 6.07) is 3.23. The van der Waals surface area contributed by atoms with Crippen LogP contribution in [-0.2, 0) is 28.8 Å². The quantitative estimate of drug-likeness (QED) is 0.0567. The van der Waals surface area contributed by atoms with Crippen molar-refractivity contribution in [3.8, 4) is 0 Å². The molecule has 14 aliphatic heterocycles. The molecule has 816 valence electrons. The number of hydrogen-bond donors (Lipinski definition) is 8. The first-order valence-electron chi connectivity index (χ1n) is 58.2. The lowest BCUT2D eigenvalue weighted by Gasteiger charge is -2.56. The molecule has 0 aromatic heterocycles. The van der Waals surface area contributed by atoms with Gasteiger partial charge in [-0.2, -0.15) is 0 Å². The van der Waals surface area contributed by atoms with E-state index in [1.807, 2.05) is 83.1 Å². The van der Waals surface area contributed by atoms with Crippen molar-refractivity contribution in [1.29, 1.82) is 0 Å². The summed E-state index contributed by atoms with van der Waals surface area (Å²) in [4.78, 5) is 84.3. The average Bonchev–Trinajstić information content (AvgIpc) is 0.849. The van der Waals surface area contributed by atoms with E-state index < -0.39 is 0 Å². The van der Waals surface area contributed by atoms with Crippen molar-refractivity contribution in [2.45, 2.75) is 491 Å². The van der Waals surface area contributed by atoms with Crippen LogP contribution in [0.15, 0.2) is 0 Å². The Morgan fingerprint density at radius 3 is 0.632 bits per heavy atom. The fraction of sp³-hybridized carbons (Fsp3) is 0.947. The Morgan fingerprint density at radius 1 is 0.279 bits per heavy atom. The summed E-state index contributed by atoms with van der Waals surface area (Å²) in [5, 5.41) is 23.9. The van der Waals surface area contributed by atoms with Crippen LogP contribution in [0.1, 0.15) is 455 Å². The van der Waals surface area contributed by atoms with Crippen LogP contribution in [-0.4, -0.2) is 294 Å². The van der Waals surface area contributed by atoms with Gasteiger partial charge in [-0.25, -0.2) is 0 Å². The summed E-state index contributed by atoms with van der Waals surface area (Å²) in [7, 11) is 0. The highest BCUT2D eigenvalue weighted by Gasteiger charge is 2.48. The fourth-order valence-corrected chi connectivity index (χ4v) is 18.0. The predicted octanol–water partition coefficient (Wildman–Crippen LogP) is 22.8. The molecule has 22 heteroatoms. The van der Waals surface area contributed by atoms with Crippen molar-refractivity contribution in [1.82, 2.24) is 81.7 Å². The first kappa shape index (κ1) is 143. The molecule has 0 bridgehead atoms. The van der Waals surface area contributed by atoms with Gasteiger partial charge in [-0.3, -0.25) is 28.8 Å². The molecule has 0 radical (unpaired) electrons. The van der Waals surface area contributed by atoms with Crippen LogP contribution in [0.4, 0.5) is 0 Å². The van der Waals surface area contributed by atoms with E-state index in [4.69, 9.17) is 0 Å². The van der Waals surface area contributed by atoms with Crippen molar-refractivity contribution in [2.24, 2.45) is 33.5 Å². The number of amides is 6. The summed E-state index contributed by atoms with van der Waals surface area (Å²) < 4.78 is 0. The van der Waals surface area contributed by atoms with E-state index in [2.05, 4.69) is 248 Å². The molecule has 16 rings (SSSR count). The average molecular weight is 1940 g/mol. The standard InChI is InChI=1S/2C9H16N2O.2C8H15NO.2C8H15N.2C6H11NO.2C6H13N.2C5H11N.2C5H13N.2C4H10.6C2H6/c2*1-2-11-4-3-9(7-11)5-8(12)10-6-9;2*1-2-3-4-7-5-6-8(10)9-7;2*1-2-9-6-8(7-9)4-3-5-8;2*1-2-5-3-4-6(8)7-5;2*1-2-7-5-3-4-6-7;2*1-2-6-4-3-5-6;2*1-4-6-5(2)3;2*1-4(2)3;6*1-2/h2*2-7H2,1H3,(H,10,12);2*7H,2-6H2,1H3,(H,9,10);2*2-7H2,1H3;2*5H,2-4H2,1H3,(H,7,8);2*2-6H2,1H3;2*2-5H2,1H3;2*5-6H,4H2,1-3H3;2*4H,1-3H3;6*1-2H3. The summed E-state index contributed by atoms with van der Waals surface area (Å²) in [6.45, 7) is 111. The molecule has 8 N–H and O–H groups in total. The largest absolute Gasteiger partial charge is 0.355 e. The van der Waals surface area contributed by atoms with Crippen LogP contribution in [0, 0.1) is 33.5 Å². The summed E-state index contributed by atoms with van der Waals surface area (Å²) in [5.41, 5.74) is 2.28. The maximum Gasteiger partial charge on any atom is 0.220 e. The molecular formula is C114H244N16O6. The Kier molecular flexibility index (Phi) is 98.6. The number of rotatable bonds is 20.